The molecule has 0 aliphatic heterocycles. The van der Waals surface area contributed by atoms with Crippen molar-refractivity contribution in [2.24, 2.45) is 0 Å². The zero-order valence-electron chi connectivity index (χ0n) is 21.1. The molecule has 0 spiro atoms. The van der Waals surface area contributed by atoms with Gasteiger partial charge >= 0.3 is 0 Å². The van der Waals surface area contributed by atoms with Crippen molar-refractivity contribution in [2.75, 3.05) is 0 Å². The van der Waals surface area contributed by atoms with Gasteiger partial charge in [0.2, 0.25) is 20.0 Å². The number of hydrogen-bond donors (Lipinski definition) is 2. The molecule has 188 valence electrons. The molecular formula is C26H38N2O4S2. The SMILES string of the molecule is CC(C)(C)c1ccc(S(=O)(=O)N[C@H]2CCCC[C@H]2NS(=O)(=O)c2ccc(C(C)(C)C)cc2)cc1. The van der Waals surface area contributed by atoms with E-state index < -0.39 is 32.1 Å². The summed E-state index contributed by atoms with van der Waals surface area (Å²) in [7, 11) is -7.56. The molecule has 2 aromatic carbocycles. The second-order valence-electron chi connectivity index (χ2n) is 11.3. The van der Waals surface area contributed by atoms with E-state index in [0.717, 1.165) is 24.0 Å². The van der Waals surface area contributed by atoms with E-state index in [1.54, 1.807) is 24.3 Å². The standard InChI is InChI=1S/C26H38N2O4S2/c1-25(2,3)19-11-15-21(16-12-19)33(29,30)27-23-9-7-8-10-24(23)28-34(31,32)22-17-13-20(14-18-22)26(4,5)6/h11-18,23-24,27-28H,7-10H2,1-6H3/t23-,24+. The van der Waals surface area contributed by atoms with Crippen LogP contribution in [0, 0.1) is 0 Å². The smallest absolute Gasteiger partial charge is 0.207 e. The largest absolute Gasteiger partial charge is 0.240 e. The highest BCUT2D eigenvalue weighted by molar-refractivity contribution is 7.90. The predicted octanol–water partition coefficient (Wildman–Crippen LogP) is 4.85. The molecule has 0 saturated heterocycles. The molecule has 0 amide bonds. The predicted molar refractivity (Wildman–Crippen MR) is 137 cm³/mol. The second kappa shape index (κ2) is 9.72. The lowest BCUT2D eigenvalue weighted by atomic mass is 9.87. The Labute approximate surface area is 205 Å². The molecule has 34 heavy (non-hydrogen) atoms. The van der Waals surface area contributed by atoms with E-state index in [9.17, 15) is 16.8 Å². The lowest BCUT2D eigenvalue weighted by Crippen LogP contribution is -2.53. The summed E-state index contributed by atoms with van der Waals surface area (Å²) < 4.78 is 57.9. The highest BCUT2D eigenvalue weighted by Gasteiger charge is 2.33. The molecule has 1 fully saturated rings. The van der Waals surface area contributed by atoms with Crippen LogP contribution in [0.2, 0.25) is 0 Å². The van der Waals surface area contributed by atoms with Crippen LogP contribution < -0.4 is 9.44 Å². The number of benzene rings is 2. The van der Waals surface area contributed by atoms with Gasteiger partial charge in [-0.2, -0.15) is 0 Å². The van der Waals surface area contributed by atoms with Gasteiger partial charge in [0.15, 0.2) is 0 Å². The van der Waals surface area contributed by atoms with Crippen molar-refractivity contribution in [3.63, 3.8) is 0 Å². The average molecular weight is 507 g/mol. The van der Waals surface area contributed by atoms with Gasteiger partial charge in [-0.05, 0) is 59.1 Å². The molecule has 1 aliphatic carbocycles. The average Bonchev–Trinajstić information content (AvgIpc) is 2.74. The Hall–Kier alpha value is -1.74. The van der Waals surface area contributed by atoms with E-state index in [1.807, 2.05) is 24.3 Å². The zero-order valence-corrected chi connectivity index (χ0v) is 22.7. The van der Waals surface area contributed by atoms with Crippen molar-refractivity contribution in [3.05, 3.63) is 59.7 Å². The number of hydrogen-bond acceptors (Lipinski definition) is 4. The monoisotopic (exact) mass is 506 g/mol. The van der Waals surface area contributed by atoms with Crippen LogP contribution >= 0.6 is 0 Å². The van der Waals surface area contributed by atoms with E-state index in [1.165, 1.54) is 0 Å². The Bertz CT molecular complexity index is 1090. The maximum absolute atomic E-state index is 13.1. The quantitative estimate of drug-likeness (QED) is 0.586. The molecule has 3 rings (SSSR count). The maximum Gasteiger partial charge on any atom is 0.240 e. The minimum Gasteiger partial charge on any atom is -0.207 e. The molecule has 2 aromatic rings. The third-order valence-electron chi connectivity index (χ3n) is 6.44. The van der Waals surface area contributed by atoms with Gasteiger partial charge in [-0.1, -0.05) is 78.6 Å². The van der Waals surface area contributed by atoms with Gasteiger partial charge in [-0.3, -0.25) is 0 Å². The molecule has 0 heterocycles. The lowest BCUT2D eigenvalue weighted by Gasteiger charge is -2.32. The van der Waals surface area contributed by atoms with Crippen molar-refractivity contribution in [2.45, 2.75) is 99.9 Å². The summed E-state index contributed by atoms with van der Waals surface area (Å²) in [6.07, 6.45) is 2.84. The summed E-state index contributed by atoms with van der Waals surface area (Å²) in [4.78, 5) is 0.371. The van der Waals surface area contributed by atoms with E-state index in [2.05, 4.69) is 51.0 Å². The Kier molecular flexibility index (Phi) is 7.68. The Balaban J connectivity index is 1.77. The van der Waals surface area contributed by atoms with E-state index in [-0.39, 0.29) is 20.6 Å². The van der Waals surface area contributed by atoms with Gasteiger partial charge in [0.1, 0.15) is 0 Å². The van der Waals surface area contributed by atoms with Crippen LogP contribution in [0.5, 0.6) is 0 Å². The van der Waals surface area contributed by atoms with Gasteiger partial charge in [0.25, 0.3) is 0 Å². The van der Waals surface area contributed by atoms with E-state index in [4.69, 9.17) is 0 Å². The fraction of sp³-hybridized carbons (Fsp3) is 0.538. The van der Waals surface area contributed by atoms with Crippen molar-refractivity contribution < 1.29 is 16.8 Å². The molecule has 0 bridgehead atoms. The molecule has 2 atom stereocenters. The van der Waals surface area contributed by atoms with Gasteiger partial charge in [-0.25, -0.2) is 26.3 Å². The third kappa shape index (κ3) is 6.47. The van der Waals surface area contributed by atoms with Crippen LogP contribution in [-0.2, 0) is 30.9 Å². The summed E-state index contributed by atoms with van der Waals surface area (Å²) in [5, 5.41) is 0. The van der Waals surface area contributed by atoms with Gasteiger partial charge in [0.05, 0.1) is 9.79 Å². The lowest BCUT2D eigenvalue weighted by molar-refractivity contribution is 0.340. The van der Waals surface area contributed by atoms with E-state index in [0.29, 0.717) is 12.8 Å². The van der Waals surface area contributed by atoms with Crippen LogP contribution in [0.25, 0.3) is 0 Å². The number of rotatable bonds is 6. The van der Waals surface area contributed by atoms with Crippen molar-refractivity contribution in [1.29, 1.82) is 0 Å². The number of nitrogens with one attached hydrogen (secondary N) is 2. The molecule has 0 aromatic heterocycles. The minimum atomic E-state index is -3.78. The molecule has 8 heteroatoms. The first-order valence-electron chi connectivity index (χ1n) is 11.9. The van der Waals surface area contributed by atoms with Gasteiger partial charge in [-0.15, -0.1) is 0 Å². The normalized spacial score (nSPS) is 20.3. The topological polar surface area (TPSA) is 92.3 Å². The minimum absolute atomic E-state index is 0.0758. The first kappa shape index (κ1) is 26.9. The summed E-state index contributed by atoms with van der Waals surface area (Å²) >= 11 is 0. The molecule has 0 radical (unpaired) electrons. The highest BCUT2D eigenvalue weighted by Crippen LogP contribution is 2.27. The fourth-order valence-electron chi connectivity index (χ4n) is 4.22. The number of sulfonamides is 2. The van der Waals surface area contributed by atoms with Crippen LogP contribution in [0.4, 0.5) is 0 Å². The first-order chi connectivity index (χ1) is 15.6. The zero-order chi connectivity index (χ0) is 25.4. The molecule has 6 nitrogen and oxygen atoms in total. The first-order valence-corrected chi connectivity index (χ1v) is 14.8. The second-order valence-corrected chi connectivity index (χ2v) is 14.7. The van der Waals surface area contributed by atoms with Crippen molar-refractivity contribution in [1.82, 2.24) is 9.44 Å². The van der Waals surface area contributed by atoms with Crippen LogP contribution in [-0.4, -0.2) is 28.9 Å². The molecule has 1 aliphatic rings. The van der Waals surface area contributed by atoms with Crippen LogP contribution in [0.3, 0.4) is 0 Å². The summed E-state index contributed by atoms with van der Waals surface area (Å²) in [6.45, 7) is 12.4. The van der Waals surface area contributed by atoms with Crippen molar-refractivity contribution in [3.8, 4) is 0 Å². The summed E-state index contributed by atoms with van der Waals surface area (Å²) in [5.74, 6) is 0. The Morgan fingerprint density at radius 2 is 0.882 bits per heavy atom. The van der Waals surface area contributed by atoms with Crippen LogP contribution in [0.1, 0.15) is 78.4 Å². The Morgan fingerprint density at radius 3 is 1.15 bits per heavy atom. The summed E-state index contributed by atoms with van der Waals surface area (Å²) in [5.41, 5.74) is 1.95. The molecule has 0 unspecified atom stereocenters. The molecule has 2 N–H and O–H groups in total. The maximum atomic E-state index is 13.1. The van der Waals surface area contributed by atoms with E-state index >= 15 is 0 Å². The Morgan fingerprint density at radius 1 is 0.588 bits per heavy atom. The molecular weight excluding hydrogens is 468 g/mol. The fourth-order valence-corrected chi connectivity index (χ4v) is 6.84. The van der Waals surface area contributed by atoms with Crippen LogP contribution in [0.15, 0.2) is 58.3 Å². The third-order valence-corrected chi connectivity index (χ3v) is 9.45. The van der Waals surface area contributed by atoms with Gasteiger partial charge in [0, 0.05) is 12.1 Å². The highest BCUT2D eigenvalue weighted by atomic mass is 32.2. The summed E-state index contributed by atoms with van der Waals surface area (Å²) in [6, 6.07) is 12.8. The van der Waals surface area contributed by atoms with Gasteiger partial charge < -0.3 is 0 Å². The molecule has 1 saturated carbocycles. The van der Waals surface area contributed by atoms with Crippen molar-refractivity contribution >= 4 is 20.0 Å².